The minimum Gasteiger partial charge on any atom is -0.385 e. The molecule has 1 heterocycles. The van der Waals surface area contributed by atoms with Gasteiger partial charge in [0.1, 0.15) is 0 Å². The zero-order chi connectivity index (χ0) is 21.3. The van der Waals surface area contributed by atoms with E-state index in [0.717, 1.165) is 37.4 Å². The van der Waals surface area contributed by atoms with Gasteiger partial charge in [-0.2, -0.15) is 0 Å². The van der Waals surface area contributed by atoms with Gasteiger partial charge in [0, 0.05) is 69.2 Å². The zero-order valence-corrected chi connectivity index (χ0v) is 17.3. The molecule has 0 bridgehead atoms. The molecule has 0 spiro atoms. The Balaban J connectivity index is 1.40. The van der Waals surface area contributed by atoms with E-state index in [2.05, 4.69) is 39.6 Å². The third-order valence-electron chi connectivity index (χ3n) is 5.30. The van der Waals surface area contributed by atoms with E-state index < -0.39 is 4.92 Å². The van der Waals surface area contributed by atoms with Gasteiger partial charge in [-0.1, -0.05) is 18.2 Å². The third kappa shape index (κ3) is 6.18. The molecule has 3 rings (SSSR count). The Morgan fingerprint density at radius 1 is 1.07 bits per heavy atom. The quantitative estimate of drug-likeness (QED) is 0.375. The van der Waals surface area contributed by atoms with Crippen LogP contribution in [0.25, 0.3) is 0 Å². The van der Waals surface area contributed by atoms with Crippen molar-refractivity contribution in [3.63, 3.8) is 0 Å². The van der Waals surface area contributed by atoms with Gasteiger partial charge in [-0.25, -0.2) is 0 Å². The summed E-state index contributed by atoms with van der Waals surface area (Å²) in [6, 6.07) is 14.5. The lowest BCUT2D eigenvalue weighted by Gasteiger charge is -2.35. The minimum absolute atomic E-state index is 0.0219. The van der Waals surface area contributed by atoms with Crippen molar-refractivity contribution >= 4 is 23.0 Å². The number of carbonyl (C=O) groups excluding carboxylic acids is 1. The summed E-state index contributed by atoms with van der Waals surface area (Å²) >= 11 is 0. The number of nitro groups is 1. The van der Waals surface area contributed by atoms with Crippen LogP contribution in [-0.4, -0.2) is 55.5 Å². The first-order valence-corrected chi connectivity index (χ1v) is 10.3. The van der Waals surface area contributed by atoms with Crippen LogP contribution in [0.4, 0.5) is 17.1 Å². The van der Waals surface area contributed by atoms with Crippen molar-refractivity contribution in [3.8, 4) is 0 Å². The van der Waals surface area contributed by atoms with Crippen molar-refractivity contribution in [3.05, 3.63) is 64.2 Å². The lowest BCUT2D eigenvalue weighted by atomic mass is 10.1. The summed E-state index contributed by atoms with van der Waals surface area (Å²) in [5.41, 5.74) is 3.21. The van der Waals surface area contributed by atoms with Crippen molar-refractivity contribution in [2.24, 2.45) is 0 Å². The highest BCUT2D eigenvalue weighted by molar-refractivity contribution is 5.76. The molecular formula is C22H29N5O3. The number of nitrogens with one attached hydrogen (secondary N) is 2. The third-order valence-corrected chi connectivity index (χ3v) is 5.30. The second kappa shape index (κ2) is 10.6. The van der Waals surface area contributed by atoms with Gasteiger partial charge in [-0.3, -0.25) is 14.9 Å². The van der Waals surface area contributed by atoms with Crippen LogP contribution in [0.3, 0.4) is 0 Å². The fourth-order valence-corrected chi connectivity index (χ4v) is 3.48. The summed E-state index contributed by atoms with van der Waals surface area (Å²) in [4.78, 5) is 27.2. The first-order valence-electron chi connectivity index (χ1n) is 10.3. The molecule has 2 N–H and O–H groups in total. The van der Waals surface area contributed by atoms with Crippen LogP contribution >= 0.6 is 0 Å². The molecule has 1 aliphatic heterocycles. The van der Waals surface area contributed by atoms with E-state index in [4.69, 9.17) is 0 Å². The largest absolute Gasteiger partial charge is 0.385 e. The standard InChI is InChI=1S/C22H29N5O3/c1-25-13-15-26(16-14-25)21-6-3-2-5-18(21)17-24-22(28)7-4-12-23-19-8-10-20(11-9-19)27(29)30/h2-3,5-6,8-11,23H,4,7,12-17H2,1H3,(H,24,28). The average Bonchev–Trinajstić information content (AvgIpc) is 2.76. The molecule has 1 fully saturated rings. The van der Waals surface area contributed by atoms with Gasteiger partial charge in [0.2, 0.25) is 5.91 Å². The Hall–Kier alpha value is -3.13. The molecule has 0 radical (unpaired) electrons. The van der Waals surface area contributed by atoms with Gasteiger partial charge < -0.3 is 20.4 Å². The fraction of sp³-hybridized carbons (Fsp3) is 0.409. The number of amides is 1. The lowest BCUT2D eigenvalue weighted by Crippen LogP contribution is -2.45. The average molecular weight is 412 g/mol. The van der Waals surface area contributed by atoms with Crippen LogP contribution in [0.2, 0.25) is 0 Å². The molecule has 8 heteroatoms. The van der Waals surface area contributed by atoms with Crippen molar-refractivity contribution in [1.82, 2.24) is 10.2 Å². The molecule has 0 unspecified atom stereocenters. The number of carbonyl (C=O) groups is 1. The summed E-state index contributed by atoms with van der Waals surface area (Å²) in [7, 11) is 2.14. The number of likely N-dealkylation sites (N-methyl/N-ethyl adjacent to an activating group) is 1. The number of nitrogens with zero attached hydrogens (tertiary/aromatic N) is 3. The van der Waals surface area contributed by atoms with Crippen molar-refractivity contribution in [2.75, 3.05) is 50.0 Å². The Morgan fingerprint density at radius 3 is 2.47 bits per heavy atom. The molecule has 8 nitrogen and oxygen atoms in total. The van der Waals surface area contributed by atoms with Gasteiger partial charge in [0.05, 0.1) is 4.92 Å². The number of rotatable bonds is 9. The molecule has 1 saturated heterocycles. The summed E-state index contributed by atoms with van der Waals surface area (Å²) in [5.74, 6) is 0.0219. The maximum Gasteiger partial charge on any atom is 0.269 e. The minimum atomic E-state index is -0.421. The van der Waals surface area contributed by atoms with Gasteiger partial charge in [-0.15, -0.1) is 0 Å². The molecule has 0 aromatic heterocycles. The van der Waals surface area contributed by atoms with E-state index in [1.165, 1.54) is 17.8 Å². The Labute approximate surface area is 177 Å². The zero-order valence-electron chi connectivity index (χ0n) is 17.3. The van der Waals surface area contributed by atoms with Crippen LogP contribution in [0.1, 0.15) is 18.4 Å². The maximum absolute atomic E-state index is 12.2. The van der Waals surface area contributed by atoms with Gasteiger partial charge in [0.25, 0.3) is 5.69 Å². The maximum atomic E-state index is 12.2. The van der Waals surface area contributed by atoms with Gasteiger partial charge in [-0.05, 0) is 37.2 Å². The first-order chi connectivity index (χ1) is 14.5. The van der Waals surface area contributed by atoms with Gasteiger partial charge in [0.15, 0.2) is 0 Å². The summed E-state index contributed by atoms with van der Waals surface area (Å²) in [6.45, 7) is 5.23. The van der Waals surface area contributed by atoms with E-state index in [1.807, 2.05) is 12.1 Å². The van der Waals surface area contributed by atoms with Crippen molar-refractivity contribution < 1.29 is 9.72 Å². The molecule has 2 aromatic rings. The highest BCUT2D eigenvalue weighted by Gasteiger charge is 2.16. The number of anilines is 2. The normalized spacial score (nSPS) is 14.4. The van der Waals surface area contributed by atoms with E-state index in [1.54, 1.807) is 12.1 Å². The van der Waals surface area contributed by atoms with Crippen LogP contribution in [0.5, 0.6) is 0 Å². The molecule has 30 heavy (non-hydrogen) atoms. The van der Waals surface area contributed by atoms with Crippen molar-refractivity contribution in [2.45, 2.75) is 19.4 Å². The SMILES string of the molecule is CN1CCN(c2ccccc2CNC(=O)CCCNc2ccc([N+](=O)[O-])cc2)CC1. The van der Waals surface area contributed by atoms with Crippen LogP contribution in [0, 0.1) is 10.1 Å². The number of hydrogen-bond donors (Lipinski definition) is 2. The Morgan fingerprint density at radius 2 is 1.77 bits per heavy atom. The molecule has 0 aliphatic carbocycles. The molecule has 0 atom stereocenters. The Bertz CT molecular complexity index is 848. The highest BCUT2D eigenvalue weighted by Crippen LogP contribution is 2.21. The van der Waals surface area contributed by atoms with E-state index in [9.17, 15) is 14.9 Å². The topological polar surface area (TPSA) is 90.8 Å². The Kier molecular flexibility index (Phi) is 7.62. The first kappa shape index (κ1) is 21.6. The monoisotopic (exact) mass is 411 g/mol. The van der Waals surface area contributed by atoms with E-state index in [0.29, 0.717) is 25.9 Å². The molecule has 0 saturated carbocycles. The molecular weight excluding hydrogens is 382 g/mol. The summed E-state index contributed by atoms with van der Waals surface area (Å²) < 4.78 is 0. The number of non-ortho nitro benzene ring substituents is 1. The highest BCUT2D eigenvalue weighted by atomic mass is 16.6. The molecule has 1 amide bonds. The van der Waals surface area contributed by atoms with E-state index >= 15 is 0 Å². The van der Waals surface area contributed by atoms with Crippen molar-refractivity contribution in [1.29, 1.82) is 0 Å². The summed E-state index contributed by atoms with van der Waals surface area (Å²) in [6.07, 6.45) is 1.11. The second-order valence-electron chi connectivity index (χ2n) is 7.53. The van der Waals surface area contributed by atoms with Crippen LogP contribution in [-0.2, 0) is 11.3 Å². The smallest absolute Gasteiger partial charge is 0.269 e. The molecule has 160 valence electrons. The summed E-state index contributed by atoms with van der Waals surface area (Å²) in [5, 5.41) is 16.9. The number of piperazine rings is 1. The van der Waals surface area contributed by atoms with E-state index in [-0.39, 0.29) is 11.6 Å². The predicted molar refractivity (Wildman–Crippen MR) is 119 cm³/mol. The fourth-order valence-electron chi connectivity index (χ4n) is 3.48. The molecule has 1 aliphatic rings. The van der Waals surface area contributed by atoms with Crippen LogP contribution in [0.15, 0.2) is 48.5 Å². The number of para-hydroxylation sites is 1. The van der Waals surface area contributed by atoms with Gasteiger partial charge >= 0.3 is 0 Å². The number of benzene rings is 2. The lowest BCUT2D eigenvalue weighted by molar-refractivity contribution is -0.384. The van der Waals surface area contributed by atoms with Crippen LogP contribution < -0.4 is 15.5 Å². The predicted octanol–water partition coefficient (Wildman–Crippen LogP) is 2.86. The number of nitro benzene ring substituents is 1. The number of hydrogen-bond acceptors (Lipinski definition) is 6. The molecule has 2 aromatic carbocycles. The second-order valence-corrected chi connectivity index (χ2v) is 7.53.